The average Bonchev–Trinajstić information content (AvgIpc) is 2.91. The first-order valence-corrected chi connectivity index (χ1v) is 7.90. The topological polar surface area (TPSA) is 42.2 Å². The van der Waals surface area contributed by atoms with Crippen LogP contribution in [0.15, 0.2) is 60.8 Å². The lowest BCUT2D eigenvalue weighted by molar-refractivity contribution is 0.101. The van der Waals surface area contributed by atoms with E-state index in [1.54, 1.807) is 13.0 Å². The van der Waals surface area contributed by atoms with Crippen molar-refractivity contribution < 1.29 is 9.90 Å². The number of aromatic hydroxyl groups is 1. The summed E-state index contributed by atoms with van der Waals surface area (Å²) in [6.45, 7) is 3.63. The fourth-order valence-electron chi connectivity index (χ4n) is 3.31. The lowest BCUT2D eigenvalue weighted by Gasteiger charge is -2.12. The first-order valence-electron chi connectivity index (χ1n) is 7.90. The molecule has 1 heterocycles. The number of carbonyl (C=O) groups is 1. The maximum atomic E-state index is 11.6. The average molecular weight is 315 g/mol. The van der Waals surface area contributed by atoms with Gasteiger partial charge in [-0.05, 0) is 43.0 Å². The molecule has 0 spiro atoms. The van der Waals surface area contributed by atoms with Gasteiger partial charge in [0.2, 0.25) is 0 Å². The lowest BCUT2D eigenvalue weighted by atomic mass is 10.0. The van der Waals surface area contributed by atoms with Crippen LogP contribution in [0, 0.1) is 6.92 Å². The maximum absolute atomic E-state index is 11.6. The number of aromatic nitrogens is 1. The standard InChI is InChI=1S/C21H17NO2/c1-13-12-22(19-6-4-3-5-17(13)19)21-18-9-7-15(14(2)23)11-16(18)8-10-20(21)24/h3-12,24H,1-2H3. The number of benzene rings is 3. The number of hydrogen-bond donors (Lipinski definition) is 1. The Bertz CT molecular complexity index is 1110. The Labute approximate surface area is 139 Å². The fraction of sp³-hybridized carbons (Fsp3) is 0.0952. The number of Topliss-reactive ketones (excluding diaryl/α,β-unsaturated/α-hetero) is 1. The van der Waals surface area contributed by atoms with Crippen LogP contribution in [-0.2, 0) is 0 Å². The Kier molecular flexibility index (Phi) is 3.17. The molecule has 118 valence electrons. The minimum absolute atomic E-state index is 0.0359. The molecule has 3 heteroatoms. The van der Waals surface area contributed by atoms with Gasteiger partial charge in [0.15, 0.2) is 5.78 Å². The summed E-state index contributed by atoms with van der Waals surface area (Å²) in [5.74, 6) is 0.257. The Morgan fingerprint density at radius 3 is 2.58 bits per heavy atom. The molecule has 0 unspecified atom stereocenters. The zero-order chi connectivity index (χ0) is 16.8. The molecule has 3 aromatic carbocycles. The molecule has 3 nitrogen and oxygen atoms in total. The van der Waals surface area contributed by atoms with Crippen molar-refractivity contribution in [3.63, 3.8) is 0 Å². The number of nitrogens with zero attached hydrogens (tertiary/aromatic N) is 1. The van der Waals surface area contributed by atoms with Gasteiger partial charge in [0.05, 0.1) is 11.2 Å². The van der Waals surface area contributed by atoms with Crippen molar-refractivity contribution in [1.29, 1.82) is 0 Å². The highest BCUT2D eigenvalue weighted by molar-refractivity contribution is 6.02. The van der Waals surface area contributed by atoms with Crippen molar-refractivity contribution in [3.8, 4) is 11.4 Å². The van der Waals surface area contributed by atoms with Crippen molar-refractivity contribution in [1.82, 2.24) is 4.57 Å². The van der Waals surface area contributed by atoms with E-state index >= 15 is 0 Å². The molecule has 0 bridgehead atoms. The molecule has 1 N–H and O–H groups in total. The quantitative estimate of drug-likeness (QED) is 0.529. The molecule has 0 aliphatic rings. The van der Waals surface area contributed by atoms with Crippen molar-refractivity contribution in [3.05, 3.63) is 71.9 Å². The molecule has 1 aromatic heterocycles. The summed E-state index contributed by atoms with van der Waals surface area (Å²) < 4.78 is 2.02. The molecule has 0 aliphatic carbocycles. The Morgan fingerprint density at radius 1 is 1.00 bits per heavy atom. The summed E-state index contributed by atoms with van der Waals surface area (Å²) in [7, 11) is 0. The molecular formula is C21H17NO2. The Morgan fingerprint density at radius 2 is 1.79 bits per heavy atom. The van der Waals surface area contributed by atoms with Gasteiger partial charge in [0.25, 0.3) is 0 Å². The van der Waals surface area contributed by atoms with E-state index in [2.05, 4.69) is 13.0 Å². The van der Waals surface area contributed by atoms with Gasteiger partial charge >= 0.3 is 0 Å². The first kappa shape index (κ1) is 14.5. The minimum atomic E-state index is 0.0359. The number of phenolic OH excluding ortho intramolecular Hbond substituents is 1. The van der Waals surface area contributed by atoms with Crippen molar-refractivity contribution in [2.45, 2.75) is 13.8 Å². The summed E-state index contributed by atoms with van der Waals surface area (Å²) in [6, 6.07) is 17.3. The van der Waals surface area contributed by atoms with Gasteiger partial charge in [-0.25, -0.2) is 0 Å². The molecule has 0 aliphatic heterocycles. The van der Waals surface area contributed by atoms with Gasteiger partial charge in [-0.1, -0.05) is 36.4 Å². The van der Waals surface area contributed by atoms with E-state index in [-0.39, 0.29) is 11.5 Å². The molecule has 0 saturated heterocycles. The third-order valence-electron chi connectivity index (χ3n) is 4.53. The molecule has 0 atom stereocenters. The van der Waals surface area contributed by atoms with E-state index in [0.29, 0.717) is 5.56 Å². The molecule has 4 rings (SSSR count). The van der Waals surface area contributed by atoms with Crippen LogP contribution >= 0.6 is 0 Å². The number of rotatable bonds is 2. The third-order valence-corrected chi connectivity index (χ3v) is 4.53. The van der Waals surface area contributed by atoms with E-state index in [4.69, 9.17) is 0 Å². The number of aryl methyl sites for hydroxylation is 1. The van der Waals surface area contributed by atoms with E-state index in [0.717, 1.165) is 32.9 Å². The van der Waals surface area contributed by atoms with Crippen LogP contribution in [0.5, 0.6) is 5.75 Å². The molecule has 4 aromatic rings. The number of hydrogen-bond acceptors (Lipinski definition) is 2. The predicted molar refractivity (Wildman–Crippen MR) is 97.2 cm³/mol. The number of para-hydroxylation sites is 1. The molecular weight excluding hydrogens is 298 g/mol. The number of phenols is 1. The summed E-state index contributed by atoms with van der Waals surface area (Å²) in [5, 5.41) is 13.5. The largest absolute Gasteiger partial charge is 0.506 e. The van der Waals surface area contributed by atoms with Crippen LogP contribution in [0.3, 0.4) is 0 Å². The van der Waals surface area contributed by atoms with E-state index < -0.39 is 0 Å². The second-order valence-corrected chi connectivity index (χ2v) is 6.12. The Hall–Kier alpha value is -3.07. The summed E-state index contributed by atoms with van der Waals surface area (Å²) in [6.07, 6.45) is 2.04. The zero-order valence-electron chi connectivity index (χ0n) is 13.6. The van der Waals surface area contributed by atoms with Gasteiger partial charge < -0.3 is 9.67 Å². The summed E-state index contributed by atoms with van der Waals surface area (Å²) in [4.78, 5) is 11.6. The van der Waals surface area contributed by atoms with E-state index in [1.165, 1.54) is 0 Å². The normalized spacial score (nSPS) is 11.2. The van der Waals surface area contributed by atoms with Crippen LogP contribution in [0.2, 0.25) is 0 Å². The first-order chi connectivity index (χ1) is 11.6. The predicted octanol–water partition coefficient (Wildman–Crippen LogP) is 5.00. The minimum Gasteiger partial charge on any atom is -0.506 e. The second kappa shape index (κ2) is 5.24. The highest BCUT2D eigenvalue weighted by Gasteiger charge is 2.14. The lowest BCUT2D eigenvalue weighted by Crippen LogP contribution is -1.96. The number of carbonyl (C=O) groups excluding carboxylic acids is 1. The number of ketones is 1. The SMILES string of the molecule is CC(=O)c1ccc2c(-n3cc(C)c4ccccc43)c(O)ccc2c1. The van der Waals surface area contributed by atoms with Crippen LogP contribution in [0.1, 0.15) is 22.8 Å². The van der Waals surface area contributed by atoms with Crippen molar-refractivity contribution in [2.24, 2.45) is 0 Å². The smallest absolute Gasteiger partial charge is 0.159 e. The third kappa shape index (κ3) is 2.09. The fourth-order valence-corrected chi connectivity index (χ4v) is 3.31. The molecule has 0 saturated carbocycles. The van der Waals surface area contributed by atoms with Gasteiger partial charge in [-0.2, -0.15) is 0 Å². The van der Waals surface area contributed by atoms with Crippen LogP contribution in [-0.4, -0.2) is 15.5 Å². The van der Waals surface area contributed by atoms with Gasteiger partial charge in [-0.3, -0.25) is 4.79 Å². The molecule has 24 heavy (non-hydrogen) atoms. The van der Waals surface area contributed by atoms with Crippen LogP contribution in [0.25, 0.3) is 27.4 Å². The van der Waals surface area contributed by atoms with E-state index in [9.17, 15) is 9.90 Å². The monoisotopic (exact) mass is 315 g/mol. The van der Waals surface area contributed by atoms with Gasteiger partial charge in [-0.15, -0.1) is 0 Å². The second-order valence-electron chi connectivity index (χ2n) is 6.12. The van der Waals surface area contributed by atoms with Crippen LogP contribution < -0.4 is 0 Å². The highest BCUT2D eigenvalue weighted by Crippen LogP contribution is 2.35. The van der Waals surface area contributed by atoms with Crippen LogP contribution in [0.4, 0.5) is 0 Å². The van der Waals surface area contributed by atoms with Gasteiger partial charge in [0.1, 0.15) is 5.75 Å². The maximum Gasteiger partial charge on any atom is 0.159 e. The number of fused-ring (bicyclic) bond motifs is 2. The molecule has 0 amide bonds. The van der Waals surface area contributed by atoms with Gasteiger partial charge in [0, 0.05) is 22.5 Å². The Balaban J connectivity index is 2.08. The highest BCUT2D eigenvalue weighted by atomic mass is 16.3. The van der Waals surface area contributed by atoms with Crippen molar-refractivity contribution in [2.75, 3.05) is 0 Å². The zero-order valence-corrected chi connectivity index (χ0v) is 13.6. The molecule has 0 radical (unpaired) electrons. The van der Waals surface area contributed by atoms with Crippen molar-refractivity contribution >= 4 is 27.5 Å². The summed E-state index contributed by atoms with van der Waals surface area (Å²) >= 11 is 0. The van der Waals surface area contributed by atoms with E-state index in [1.807, 2.05) is 53.2 Å². The molecule has 0 fully saturated rings. The summed E-state index contributed by atoms with van der Waals surface area (Å²) in [5.41, 5.74) is 3.62.